The van der Waals surface area contributed by atoms with E-state index >= 15 is 0 Å². The van der Waals surface area contributed by atoms with E-state index < -0.39 is 0 Å². The normalized spacial score (nSPS) is 10.8. The van der Waals surface area contributed by atoms with Crippen molar-refractivity contribution in [2.45, 2.75) is 13.3 Å². The standard InChI is InChI=1S/C18H18N2O/c1-13-11-14-12-16(21-15-5-3-2-4-6-15)7-8-18(14)20-17(13)9-10-19/h2-8,11-12H,9-10,19H2,1H3. The van der Waals surface area contributed by atoms with Crippen molar-refractivity contribution in [1.29, 1.82) is 0 Å². The molecule has 1 heterocycles. The highest BCUT2D eigenvalue weighted by molar-refractivity contribution is 5.81. The number of benzene rings is 2. The lowest BCUT2D eigenvalue weighted by Crippen LogP contribution is -2.06. The van der Waals surface area contributed by atoms with Crippen molar-refractivity contribution in [2.24, 2.45) is 5.73 Å². The third-order valence-electron chi connectivity index (χ3n) is 3.44. The molecule has 0 unspecified atom stereocenters. The van der Waals surface area contributed by atoms with E-state index in [1.165, 1.54) is 5.56 Å². The van der Waals surface area contributed by atoms with Gasteiger partial charge < -0.3 is 10.5 Å². The Hall–Kier alpha value is -2.39. The number of aromatic nitrogens is 1. The maximum atomic E-state index is 5.86. The van der Waals surface area contributed by atoms with Crippen molar-refractivity contribution in [3.63, 3.8) is 0 Å². The molecule has 3 aromatic rings. The molecule has 0 radical (unpaired) electrons. The topological polar surface area (TPSA) is 48.1 Å². The van der Waals surface area contributed by atoms with E-state index in [4.69, 9.17) is 10.5 Å². The summed E-state index contributed by atoms with van der Waals surface area (Å²) in [6.07, 6.45) is 0.810. The van der Waals surface area contributed by atoms with Crippen LogP contribution < -0.4 is 10.5 Å². The van der Waals surface area contributed by atoms with Gasteiger partial charge in [0.2, 0.25) is 0 Å². The molecule has 3 heteroatoms. The minimum absolute atomic E-state index is 0.620. The second kappa shape index (κ2) is 5.94. The van der Waals surface area contributed by atoms with Gasteiger partial charge >= 0.3 is 0 Å². The molecule has 21 heavy (non-hydrogen) atoms. The molecule has 0 fully saturated rings. The molecule has 2 N–H and O–H groups in total. The van der Waals surface area contributed by atoms with Gasteiger partial charge in [0.1, 0.15) is 11.5 Å². The van der Waals surface area contributed by atoms with Gasteiger partial charge in [-0.05, 0) is 55.4 Å². The zero-order valence-corrected chi connectivity index (χ0v) is 12.0. The smallest absolute Gasteiger partial charge is 0.128 e. The van der Waals surface area contributed by atoms with Crippen molar-refractivity contribution in [3.05, 3.63) is 65.9 Å². The van der Waals surface area contributed by atoms with Crippen LogP contribution in [0.25, 0.3) is 10.9 Å². The summed E-state index contributed by atoms with van der Waals surface area (Å²) < 4.78 is 5.86. The fourth-order valence-corrected chi connectivity index (χ4v) is 2.38. The monoisotopic (exact) mass is 278 g/mol. The van der Waals surface area contributed by atoms with Crippen LogP contribution >= 0.6 is 0 Å². The van der Waals surface area contributed by atoms with Crippen LogP contribution in [-0.4, -0.2) is 11.5 Å². The molecular weight excluding hydrogens is 260 g/mol. The highest BCUT2D eigenvalue weighted by Gasteiger charge is 2.05. The van der Waals surface area contributed by atoms with Crippen LogP contribution in [0.4, 0.5) is 0 Å². The molecular formula is C18H18N2O. The van der Waals surface area contributed by atoms with E-state index in [1.807, 2.05) is 48.5 Å². The number of hydrogen-bond donors (Lipinski definition) is 1. The Balaban J connectivity index is 1.95. The van der Waals surface area contributed by atoms with Crippen LogP contribution in [0.2, 0.25) is 0 Å². The lowest BCUT2D eigenvalue weighted by Gasteiger charge is -2.09. The van der Waals surface area contributed by atoms with Crippen LogP contribution in [0.1, 0.15) is 11.3 Å². The maximum Gasteiger partial charge on any atom is 0.128 e. The van der Waals surface area contributed by atoms with E-state index in [2.05, 4.69) is 18.0 Å². The first-order chi connectivity index (χ1) is 10.3. The van der Waals surface area contributed by atoms with Crippen LogP contribution in [-0.2, 0) is 6.42 Å². The zero-order valence-electron chi connectivity index (χ0n) is 12.0. The van der Waals surface area contributed by atoms with Crippen molar-refractivity contribution in [2.75, 3.05) is 6.54 Å². The van der Waals surface area contributed by atoms with Crippen molar-refractivity contribution in [3.8, 4) is 11.5 Å². The lowest BCUT2D eigenvalue weighted by molar-refractivity contribution is 0.483. The molecule has 0 spiro atoms. The van der Waals surface area contributed by atoms with E-state index in [0.29, 0.717) is 6.54 Å². The highest BCUT2D eigenvalue weighted by Crippen LogP contribution is 2.26. The number of aryl methyl sites for hydroxylation is 1. The molecule has 0 aliphatic heterocycles. The summed E-state index contributed by atoms with van der Waals surface area (Å²) in [4.78, 5) is 4.68. The second-order valence-electron chi connectivity index (χ2n) is 5.06. The molecule has 0 saturated carbocycles. The minimum atomic E-state index is 0.620. The number of para-hydroxylation sites is 1. The van der Waals surface area contributed by atoms with Gasteiger partial charge in [0.25, 0.3) is 0 Å². The Labute approximate surface area is 124 Å². The molecule has 3 rings (SSSR count). The number of nitrogens with two attached hydrogens (primary N) is 1. The SMILES string of the molecule is Cc1cc2cc(Oc3ccccc3)ccc2nc1CCN. The van der Waals surface area contributed by atoms with Crippen LogP contribution in [0.5, 0.6) is 11.5 Å². The van der Waals surface area contributed by atoms with Gasteiger partial charge in [0, 0.05) is 17.5 Å². The average molecular weight is 278 g/mol. The van der Waals surface area contributed by atoms with Gasteiger partial charge in [-0.25, -0.2) is 0 Å². The molecule has 0 bridgehead atoms. The highest BCUT2D eigenvalue weighted by atomic mass is 16.5. The van der Waals surface area contributed by atoms with Gasteiger partial charge in [0.15, 0.2) is 0 Å². The van der Waals surface area contributed by atoms with Gasteiger partial charge in [-0.3, -0.25) is 4.98 Å². The van der Waals surface area contributed by atoms with E-state index in [1.54, 1.807) is 0 Å². The molecule has 0 amide bonds. The quantitative estimate of drug-likeness (QED) is 0.789. The Morgan fingerprint density at radius 1 is 1.00 bits per heavy atom. The van der Waals surface area contributed by atoms with Gasteiger partial charge in [-0.1, -0.05) is 18.2 Å². The average Bonchev–Trinajstić information content (AvgIpc) is 2.49. The first-order valence-corrected chi connectivity index (χ1v) is 7.09. The van der Waals surface area contributed by atoms with Crippen molar-refractivity contribution >= 4 is 10.9 Å². The Morgan fingerprint density at radius 3 is 2.57 bits per heavy atom. The van der Waals surface area contributed by atoms with Crippen LogP contribution in [0, 0.1) is 6.92 Å². The largest absolute Gasteiger partial charge is 0.457 e. The number of rotatable bonds is 4. The molecule has 106 valence electrons. The predicted molar refractivity (Wildman–Crippen MR) is 85.8 cm³/mol. The molecule has 2 aromatic carbocycles. The summed E-state index contributed by atoms with van der Waals surface area (Å²) in [6, 6.07) is 17.9. The molecule has 1 aromatic heterocycles. The van der Waals surface area contributed by atoms with Crippen molar-refractivity contribution < 1.29 is 4.74 Å². The number of fused-ring (bicyclic) bond motifs is 1. The third kappa shape index (κ3) is 3.03. The summed E-state index contributed by atoms with van der Waals surface area (Å²) in [5.74, 6) is 1.66. The first-order valence-electron chi connectivity index (χ1n) is 7.09. The Bertz CT molecular complexity index is 754. The number of ether oxygens (including phenoxy) is 1. The first kappa shape index (κ1) is 13.6. The lowest BCUT2D eigenvalue weighted by atomic mass is 10.1. The Morgan fingerprint density at radius 2 is 1.81 bits per heavy atom. The fraction of sp³-hybridized carbons (Fsp3) is 0.167. The second-order valence-corrected chi connectivity index (χ2v) is 5.06. The molecule has 0 aliphatic rings. The number of hydrogen-bond acceptors (Lipinski definition) is 3. The summed E-state index contributed by atoms with van der Waals surface area (Å²) >= 11 is 0. The molecule has 0 aliphatic carbocycles. The molecule has 0 saturated heterocycles. The van der Waals surface area contributed by atoms with Crippen molar-refractivity contribution in [1.82, 2.24) is 4.98 Å². The van der Waals surface area contributed by atoms with Gasteiger partial charge in [-0.2, -0.15) is 0 Å². The van der Waals surface area contributed by atoms with E-state index in [0.717, 1.165) is 34.5 Å². The molecule has 3 nitrogen and oxygen atoms in total. The fourth-order valence-electron chi connectivity index (χ4n) is 2.38. The number of pyridine rings is 1. The van der Waals surface area contributed by atoms with Gasteiger partial charge in [-0.15, -0.1) is 0 Å². The summed E-state index contributed by atoms with van der Waals surface area (Å²) in [7, 11) is 0. The number of nitrogens with zero attached hydrogens (tertiary/aromatic N) is 1. The van der Waals surface area contributed by atoms with Gasteiger partial charge in [0.05, 0.1) is 5.52 Å². The van der Waals surface area contributed by atoms with E-state index in [-0.39, 0.29) is 0 Å². The molecule has 0 atom stereocenters. The maximum absolute atomic E-state index is 5.86. The summed E-state index contributed by atoms with van der Waals surface area (Å²) in [5.41, 5.74) is 8.84. The van der Waals surface area contributed by atoms with Crippen LogP contribution in [0.15, 0.2) is 54.6 Å². The minimum Gasteiger partial charge on any atom is -0.457 e. The summed E-state index contributed by atoms with van der Waals surface area (Å²) in [5, 5.41) is 1.08. The Kier molecular flexibility index (Phi) is 3.84. The third-order valence-corrected chi connectivity index (χ3v) is 3.44. The van der Waals surface area contributed by atoms with Crippen LogP contribution in [0.3, 0.4) is 0 Å². The zero-order chi connectivity index (χ0) is 14.7. The predicted octanol–water partition coefficient (Wildman–Crippen LogP) is 3.84. The van der Waals surface area contributed by atoms with E-state index in [9.17, 15) is 0 Å². The summed E-state index contributed by atoms with van der Waals surface area (Å²) in [6.45, 7) is 2.69.